The Kier molecular flexibility index (Phi) is 4.05. The third kappa shape index (κ3) is 2.71. The van der Waals surface area contributed by atoms with Gasteiger partial charge in [-0.25, -0.2) is 0 Å². The first kappa shape index (κ1) is 15.6. The predicted molar refractivity (Wildman–Crippen MR) is 94.3 cm³/mol. The molecule has 0 bridgehead atoms. The van der Waals surface area contributed by atoms with Crippen molar-refractivity contribution in [1.29, 1.82) is 0 Å². The van der Waals surface area contributed by atoms with Crippen LogP contribution in [-0.2, 0) is 19.4 Å². The molecule has 24 heavy (non-hydrogen) atoms. The maximum absolute atomic E-state index is 9.17. The predicted octanol–water partition coefficient (Wildman–Crippen LogP) is 4.55. The van der Waals surface area contributed by atoms with E-state index in [1.54, 1.807) is 5.57 Å². The van der Waals surface area contributed by atoms with E-state index in [0.29, 0.717) is 5.92 Å². The van der Waals surface area contributed by atoms with Gasteiger partial charge in [0, 0.05) is 5.56 Å². The first-order valence-electron chi connectivity index (χ1n) is 9.02. The fraction of sp³-hybridized carbons (Fsp3) is 0.476. The van der Waals surface area contributed by atoms with Crippen LogP contribution in [0, 0.1) is 11.3 Å². The van der Waals surface area contributed by atoms with Crippen LogP contribution in [-0.4, -0.2) is 10.3 Å². The highest BCUT2D eigenvalue weighted by Crippen LogP contribution is 2.52. The monoisotopic (exact) mass is 323 g/mol. The summed E-state index contributed by atoms with van der Waals surface area (Å²) in [5.41, 5.74) is 5.43. The highest BCUT2D eigenvalue weighted by atomic mass is 16.5. The van der Waals surface area contributed by atoms with Gasteiger partial charge in [-0.15, -0.1) is 0 Å². The summed E-state index contributed by atoms with van der Waals surface area (Å²) in [7, 11) is 0. The summed E-state index contributed by atoms with van der Waals surface area (Å²) in [5.74, 6) is 1.68. The van der Waals surface area contributed by atoms with Gasteiger partial charge >= 0.3 is 0 Å². The van der Waals surface area contributed by atoms with Gasteiger partial charge in [0.1, 0.15) is 0 Å². The molecule has 0 radical (unpaired) electrons. The minimum Gasteiger partial charge on any atom is -0.392 e. The maximum Gasteiger partial charge on any atom is 0.162 e. The van der Waals surface area contributed by atoms with E-state index in [4.69, 9.17) is 9.63 Å². The molecule has 2 aromatic rings. The van der Waals surface area contributed by atoms with Gasteiger partial charge in [-0.1, -0.05) is 41.9 Å². The smallest absolute Gasteiger partial charge is 0.162 e. The van der Waals surface area contributed by atoms with E-state index >= 15 is 0 Å². The Morgan fingerprint density at radius 2 is 2.04 bits per heavy atom. The van der Waals surface area contributed by atoms with Crippen LogP contribution in [0.2, 0.25) is 0 Å². The fourth-order valence-electron chi connectivity index (χ4n) is 4.59. The third-order valence-electron chi connectivity index (χ3n) is 6.16. The summed E-state index contributed by atoms with van der Waals surface area (Å²) >= 11 is 0. The van der Waals surface area contributed by atoms with Gasteiger partial charge in [0.2, 0.25) is 0 Å². The number of aryl methyl sites for hydroxylation is 1. The first-order valence-corrected chi connectivity index (χ1v) is 9.02. The SMILES string of the molecule is CC12Cc3cnoc3C=C1CCCC2CCc1ccc(CO)cc1. The Labute approximate surface area is 143 Å². The molecule has 1 aromatic heterocycles. The summed E-state index contributed by atoms with van der Waals surface area (Å²) in [6.07, 6.45) is 11.3. The van der Waals surface area contributed by atoms with Gasteiger partial charge in [0.05, 0.1) is 12.8 Å². The van der Waals surface area contributed by atoms with E-state index < -0.39 is 0 Å². The summed E-state index contributed by atoms with van der Waals surface area (Å²) < 4.78 is 5.39. The molecular formula is C21H25NO2. The van der Waals surface area contributed by atoms with Crippen molar-refractivity contribution >= 4 is 6.08 Å². The van der Waals surface area contributed by atoms with Crippen LogP contribution >= 0.6 is 0 Å². The number of nitrogens with zero attached hydrogens (tertiary/aromatic N) is 1. The van der Waals surface area contributed by atoms with E-state index in [-0.39, 0.29) is 12.0 Å². The third-order valence-corrected chi connectivity index (χ3v) is 6.16. The standard InChI is InChI=1S/C21H25NO2/c1-21-12-17-13-22-24-20(17)11-19(21)4-2-3-18(21)10-9-15-5-7-16(14-23)8-6-15/h5-8,11,13,18,23H,2-4,9-10,12,14H2,1H3. The van der Waals surface area contributed by atoms with Crippen LogP contribution in [0.1, 0.15) is 55.1 Å². The molecule has 3 nitrogen and oxygen atoms in total. The van der Waals surface area contributed by atoms with E-state index in [9.17, 15) is 0 Å². The molecular weight excluding hydrogens is 298 g/mol. The molecule has 3 heteroatoms. The number of hydrogen-bond donors (Lipinski definition) is 1. The minimum atomic E-state index is 0.121. The summed E-state index contributed by atoms with van der Waals surface area (Å²) in [4.78, 5) is 0. The second-order valence-corrected chi connectivity index (χ2v) is 7.58. The van der Waals surface area contributed by atoms with Crippen LogP contribution in [0.4, 0.5) is 0 Å². The number of aliphatic hydroxyl groups is 1. The topological polar surface area (TPSA) is 46.3 Å². The zero-order valence-corrected chi connectivity index (χ0v) is 14.3. The molecule has 0 amide bonds. The molecule has 2 unspecified atom stereocenters. The van der Waals surface area contributed by atoms with Crippen molar-refractivity contribution in [3.8, 4) is 0 Å². The van der Waals surface area contributed by atoms with E-state index in [1.165, 1.54) is 36.8 Å². The van der Waals surface area contributed by atoms with Crippen molar-refractivity contribution in [3.05, 3.63) is 58.5 Å². The average molecular weight is 323 g/mol. The lowest BCUT2D eigenvalue weighted by Gasteiger charge is -2.45. The molecule has 1 fully saturated rings. The van der Waals surface area contributed by atoms with Crippen LogP contribution in [0.25, 0.3) is 6.08 Å². The first-order chi connectivity index (χ1) is 11.7. The van der Waals surface area contributed by atoms with Crippen molar-refractivity contribution in [2.45, 2.75) is 52.1 Å². The quantitative estimate of drug-likeness (QED) is 0.898. The zero-order chi connectivity index (χ0) is 16.6. The van der Waals surface area contributed by atoms with Gasteiger partial charge in [-0.3, -0.25) is 0 Å². The van der Waals surface area contributed by atoms with Crippen LogP contribution in [0.5, 0.6) is 0 Å². The van der Waals surface area contributed by atoms with Crippen molar-refractivity contribution in [1.82, 2.24) is 5.16 Å². The molecule has 2 atom stereocenters. The molecule has 126 valence electrons. The van der Waals surface area contributed by atoms with Crippen molar-refractivity contribution in [3.63, 3.8) is 0 Å². The second kappa shape index (κ2) is 6.21. The highest BCUT2D eigenvalue weighted by molar-refractivity contribution is 5.57. The number of fused-ring (bicyclic) bond motifs is 2. The molecule has 1 saturated carbocycles. The largest absolute Gasteiger partial charge is 0.392 e. The molecule has 0 saturated heterocycles. The zero-order valence-electron chi connectivity index (χ0n) is 14.3. The molecule has 0 aliphatic heterocycles. The van der Waals surface area contributed by atoms with Crippen LogP contribution in [0.15, 0.2) is 40.6 Å². The Balaban J connectivity index is 1.50. The van der Waals surface area contributed by atoms with Crippen molar-refractivity contribution in [2.24, 2.45) is 11.3 Å². The molecule has 2 aliphatic carbocycles. The Morgan fingerprint density at radius 3 is 2.83 bits per heavy atom. The number of hydrogen-bond acceptors (Lipinski definition) is 3. The lowest BCUT2D eigenvalue weighted by atomic mass is 9.59. The Hall–Kier alpha value is -1.87. The Morgan fingerprint density at radius 1 is 1.25 bits per heavy atom. The highest BCUT2D eigenvalue weighted by Gasteiger charge is 2.42. The fourth-order valence-corrected chi connectivity index (χ4v) is 4.59. The molecule has 4 rings (SSSR count). The van der Waals surface area contributed by atoms with Gasteiger partial charge in [-0.05, 0) is 67.1 Å². The number of allylic oxidation sites excluding steroid dienone is 1. The Bertz CT molecular complexity index is 743. The lowest BCUT2D eigenvalue weighted by Crippen LogP contribution is -2.37. The maximum atomic E-state index is 9.17. The lowest BCUT2D eigenvalue weighted by molar-refractivity contribution is 0.169. The minimum absolute atomic E-state index is 0.121. The number of benzene rings is 1. The summed E-state index contributed by atoms with van der Waals surface area (Å²) in [6, 6.07) is 8.39. The van der Waals surface area contributed by atoms with E-state index in [1.807, 2.05) is 18.3 Å². The van der Waals surface area contributed by atoms with E-state index in [0.717, 1.165) is 24.2 Å². The molecule has 1 aromatic carbocycles. The molecule has 1 N–H and O–H groups in total. The van der Waals surface area contributed by atoms with Crippen LogP contribution in [0.3, 0.4) is 0 Å². The van der Waals surface area contributed by atoms with Gasteiger partial charge in [0.15, 0.2) is 5.76 Å². The summed E-state index contributed by atoms with van der Waals surface area (Å²) in [5, 5.41) is 13.2. The molecule has 2 aliphatic rings. The van der Waals surface area contributed by atoms with Gasteiger partial charge in [0.25, 0.3) is 0 Å². The number of rotatable bonds is 4. The number of aromatic nitrogens is 1. The summed E-state index contributed by atoms with van der Waals surface area (Å²) in [6.45, 7) is 2.56. The molecule has 1 heterocycles. The average Bonchev–Trinajstić information content (AvgIpc) is 3.04. The second-order valence-electron chi connectivity index (χ2n) is 7.58. The van der Waals surface area contributed by atoms with E-state index in [2.05, 4.69) is 30.3 Å². The molecule has 0 spiro atoms. The number of aliphatic hydroxyl groups excluding tert-OH is 1. The van der Waals surface area contributed by atoms with Gasteiger partial charge < -0.3 is 9.63 Å². The van der Waals surface area contributed by atoms with Crippen molar-refractivity contribution in [2.75, 3.05) is 0 Å². The van der Waals surface area contributed by atoms with Crippen LogP contribution < -0.4 is 0 Å². The normalized spacial score (nSPS) is 25.8. The van der Waals surface area contributed by atoms with Crippen molar-refractivity contribution < 1.29 is 9.63 Å². The van der Waals surface area contributed by atoms with Gasteiger partial charge in [-0.2, -0.15) is 0 Å².